The molecule has 20 heavy (non-hydrogen) atoms. The Morgan fingerprint density at radius 1 is 1.40 bits per heavy atom. The highest BCUT2D eigenvalue weighted by atomic mass is 32.1. The van der Waals surface area contributed by atoms with Gasteiger partial charge >= 0.3 is 0 Å². The predicted molar refractivity (Wildman–Crippen MR) is 75.6 cm³/mol. The number of rotatable bonds is 2. The number of hydrogen-bond acceptors (Lipinski definition) is 4. The SMILES string of the molecule is Cc1nc(NC(=O)c2sc3cccc(F)c3c2C)n[nH]1. The van der Waals surface area contributed by atoms with Gasteiger partial charge in [0.1, 0.15) is 11.6 Å². The number of aromatic nitrogens is 3. The lowest BCUT2D eigenvalue weighted by Gasteiger charge is -1.99. The number of aryl methyl sites for hydroxylation is 2. The number of H-pyrrole nitrogens is 1. The van der Waals surface area contributed by atoms with Gasteiger partial charge in [-0.3, -0.25) is 15.2 Å². The molecule has 0 bridgehead atoms. The molecule has 5 nitrogen and oxygen atoms in total. The molecule has 3 aromatic rings. The van der Waals surface area contributed by atoms with E-state index in [0.29, 0.717) is 21.7 Å². The molecular formula is C13H11FN4OS. The summed E-state index contributed by atoms with van der Waals surface area (Å²) in [4.78, 5) is 16.7. The number of benzene rings is 1. The molecule has 3 rings (SSSR count). The standard InChI is InChI=1S/C13H11FN4OS/c1-6-10-8(14)4-3-5-9(10)20-11(6)12(19)16-13-15-7(2)17-18-13/h3-5H,1-2H3,(H2,15,16,17,18,19). The summed E-state index contributed by atoms with van der Waals surface area (Å²) in [7, 11) is 0. The number of amides is 1. The summed E-state index contributed by atoms with van der Waals surface area (Å²) < 4.78 is 14.5. The van der Waals surface area contributed by atoms with Crippen molar-refractivity contribution in [3.63, 3.8) is 0 Å². The van der Waals surface area contributed by atoms with Crippen molar-refractivity contribution < 1.29 is 9.18 Å². The molecule has 7 heteroatoms. The van der Waals surface area contributed by atoms with E-state index in [1.165, 1.54) is 17.4 Å². The van der Waals surface area contributed by atoms with Crippen LogP contribution in [0.3, 0.4) is 0 Å². The maximum atomic E-state index is 13.8. The van der Waals surface area contributed by atoms with E-state index in [1.807, 2.05) is 0 Å². The van der Waals surface area contributed by atoms with Crippen LogP contribution in [-0.4, -0.2) is 21.1 Å². The second kappa shape index (κ2) is 4.68. The van der Waals surface area contributed by atoms with E-state index in [2.05, 4.69) is 20.5 Å². The number of nitrogens with zero attached hydrogens (tertiary/aromatic N) is 2. The maximum absolute atomic E-state index is 13.8. The minimum Gasteiger partial charge on any atom is -0.288 e. The van der Waals surface area contributed by atoms with Gasteiger partial charge in [-0.25, -0.2) is 4.39 Å². The third kappa shape index (κ3) is 2.05. The molecule has 0 spiro atoms. The first-order chi connectivity index (χ1) is 9.56. The van der Waals surface area contributed by atoms with Gasteiger partial charge in [0, 0.05) is 10.1 Å². The van der Waals surface area contributed by atoms with Gasteiger partial charge in [0.05, 0.1) is 4.88 Å². The number of thiophene rings is 1. The van der Waals surface area contributed by atoms with E-state index in [9.17, 15) is 9.18 Å². The van der Waals surface area contributed by atoms with Crippen LogP contribution in [0.2, 0.25) is 0 Å². The van der Waals surface area contributed by atoms with E-state index in [1.54, 1.807) is 26.0 Å². The summed E-state index contributed by atoms with van der Waals surface area (Å²) in [5.74, 6) is 0.176. The molecule has 0 saturated carbocycles. The first-order valence-electron chi connectivity index (χ1n) is 5.94. The van der Waals surface area contributed by atoms with Crippen LogP contribution in [0.15, 0.2) is 18.2 Å². The topological polar surface area (TPSA) is 70.7 Å². The predicted octanol–water partition coefficient (Wildman–Crippen LogP) is 3.03. The number of anilines is 1. The number of halogens is 1. The molecule has 0 fully saturated rings. The Bertz CT molecular complexity index is 808. The molecule has 0 atom stereocenters. The second-order valence-electron chi connectivity index (χ2n) is 4.37. The average Bonchev–Trinajstić information content (AvgIpc) is 2.95. The van der Waals surface area contributed by atoms with Crippen molar-refractivity contribution in [2.45, 2.75) is 13.8 Å². The summed E-state index contributed by atoms with van der Waals surface area (Å²) in [6.45, 7) is 3.47. The van der Waals surface area contributed by atoms with E-state index in [-0.39, 0.29) is 17.7 Å². The molecule has 2 N–H and O–H groups in total. The Morgan fingerprint density at radius 3 is 2.85 bits per heavy atom. The summed E-state index contributed by atoms with van der Waals surface area (Å²) in [6.07, 6.45) is 0. The minimum atomic E-state index is -0.331. The Hall–Kier alpha value is -2.28. The molecule has 2 aromatic heterocycles. The first kappa shape index (κ1) is 12.7. The number of aromatic amines is 1. The van der Waals surface area contributed by atoms with Gasteiger partial charge in [0.15, 0.2) is 0 Å². The molecular weight excluding hydrogens is 279 g/mol. The molecule has 0 radical (unpaired) electrons. The van der Waals surface area contributed by atoms with E-state index < -0.39 is 0 Å². The quantitative estimate of drug-likeness (QED) is 0.762. The fourth-order valence-corrected chi connectivity index (χ4v) is 3.14. The lowest BCUT2D eigenvalue weighted by molar-refractivity contribution is 0.102. The molecule has 1 aromatic carbocycles. The van der Waals surface area contributed by atoms with Crippen LogP contribution in [0.1, 0.15) is 21.1 Å². The highest BCUT2D eigenvalue weighted by Crippen LogP contribution is 2.32. The van der Waals surface area contributed by atoms with Gasteiger partial charge in [-0.05, 0) is 31.5 Å². The van der Waals surface area contributed by atoms with Crippen molar-refractivity contribution in [2.24, 2.45) is 0 Å². The van der Waals surface area contributed by atoms with Gasteiger partial charge in [0.2, 0.25) is 5.95 Å². The van der Waals surface area contributed by atoms with Crippen molar-refractivity contribution in [1.82, 2.24) is 15.2 Å². The monoisotopic (exact) mass is 290 g/mol. The average molecular weight is 290 g/mol. The zero-order valence-corrected chi connectivity index (χ0v) is 11.6. The zero-order chi connectivity index (χ0) is 14.3. The number of nitrogens with one attached hydrogen (secondary N) is 2. The zero-order valence-electron chi connectivity index (χ0n) is 10.8. The van der Waals surface area contributed by atoms with Gasteiger partial charge < -0.3 is 0 Å². The third-order valence-electron chi connectivity index (χ3n) is 2.93. The van der Waals surface area contributed by atoms with E-state index >= 15 is 0 Å². The molecule has 2 heterocycles. The molecule has 102 valence electrons. The van der Waals surface area contributed by atoms with Crippen molar-refractivity contribution in [2.75, 3.05) is 5.32 Å². The van der Waals surface area contributed by atoms with Crippen molar-refractivity contribution in [3.05, 3.63) is 40.3 Å². The number of hydrogen-bond donors (Lipinski definition) is 2. The van der Waals surface area contributed by atoms with Gasteiger partial charge in [-0.1, -0.05) is 6.07 Å². The number of fused-ring (bicyclic) bond motifs is 1. The number of carbonyl (C=O) groups excluding carboxylic acids is 1. The molecule has 1 amide bonds. The summed E-state index contributed by atoms with van der Waals surface area (Å²) >= 11 is 1.25. The molecule has 0 saturated heterocycles. The van der Waals surface area contributed by atoms with Crippen molar-refractivity contribution in [1.29, 1.82) is 0 Å². The fraction of sp³-hybridized carbons (Fsp3) is 0.154. The molecule has 0 unspecified atom stereocenters. The molecule has 0 aliphatic heterocycles. The van der Waals surface area contributed by atoms with E-state index in [0.717, 1.165) is 4.70 Å². The van der Waals surface area contributed by atoms with Crippen LogP contribution in [-0.2, 0) is 0 Å². The largest absolute Gasteiger partial charge is 0.288 e. The second-order valence-corrected chi connectivity index (χ2v) is 5.42. The molecule has 0 aliphatic carbocycles. The molecule has 0 aliphatic rings. The van der Waals surface area contributed by atoms with Gasteiger partial charge in [-0.2, -0.15) is 4.98 Å². The Morgan fingerprint density at radius 2 is 2.20 bits per heavy atom. The summed E-state index contributed by atoms with van der Waals surface area (Å²) in [5.41, 5.74) is 0.632. The van der Waals surface area contributed by atoms with Crippen LogP contribution in [0.4, 0.5) is 10.3 Å². The normalized spacial score (nSPS) is 10.9. The first-order valence-corrected chi connectivity index (χ1v) is 6.76. The van der Waals surface area contributed by atoms with Crippen LogP contribution >= 0.6 is 11.3 Å². The van der Waals surface area contributed by atoms with Crippen LogP contribution < -0.4 is 5.32 Å². The Balaban J connectivity index is 1.99. The van der Waals surface area contributed by atoms with Gasteiger partial charge in [-0.15, -0.1) is 16.4 Å². The number of carbonyl (C=O) groups is 1. The lowest BCUT2D eigenvalue weighted by Crippen LogP contribution is -2.12. The van der Waals surface area contributed by atoms with E-state index in [4.69, 9.17) is 0 Å². The maximum Gasteiger partial charge on any atom is 0.268 e. The summed E-state index contributed by atoms with van der Waals surface area (Å²) in [5, 5.41) is 9.58. The highest BCUT2D eigenvalue weighted by molar-refractivity contribution is 7.21. The van der Waals surface area contributed by atoms with Crippen LogP contribution in [0.5, 0.6) is 0 Å². The van der Waals surface area contributed by atoms with Crippen molar-refractivity contribution in [3.8, 4) is 0 Å². The smallest absolute Gasteiger partial charge is 0.268 e. The van der Waals surface area contributed by atoms with Gasteiger partial charge in [0.25, 0.3) is 5.91 Å². The van der Waals surface area contributed by atoms with Crippen LogP contribution in [0.25, 0.3) is 10.1 Å². The summed E-state index contributed by atoms with van der Waals surface area (Å²) in [6, 6.07) is 4.82. The Labute approximate surface area is 117 Å². The lowest BCUT2D eigenvalue weighted by atomic mass is 10.1. The van der Waals surface area contributed by atoms with Crippen LogP contribution in [0, 0.1) is 19.7 Å². The minimum absolute atomic E-state index is 0.213. The third-order valence-corrected chi connectivity index (χ3v) is 4.19. The van der Waals surface area contributed by atoms with Crippen molar-refractivity contribution >= 4 is 33.3 Å². The Kier molecular flexibility index (Phi) is 2.98. The fourth-order valence-electron chi connectivity index (χ4n) is 2.03. The highest BCUT2D eigenvalue weighted by Gasteiger charge is 2.18.